The van der Waals surface area contributed by atoms with Gasteiger partial charge in [0.05, 0.1) is 0 Å². The predicted molar refractivity (Wildman–Crippen MR) is 87.4 cm³/mol. The minimum absolute atomic E-state index is 0.613. The van der Waals surface area contributed by atoms with Gasteiger partial charge in [-0.2, -0.15) is 0 Å². The van der Waals surface area contributed by atoms with Crippen LogP contribution in [0.15, 0.2) is 0 Å². The Balaban J connectivity index is 3.09. The lowest BCUT2D eigenvalue weighted by Gasteiger charge is -2.14. The van der Waals surface area contributed by atoms with Crippen LogP contribution in [0.3, 0.4) is 0 Å². The van der Waals surface area contributed by atoms with E-state index in [0.29, 0.717) is 6.04 Å². The van der Waals surface area contributed by atoms with E-state index in [4.69, 9.17) is 0 Å². The molecule has 0 aliphatic rings. The molecule has 2 nitrogen and oxygen atoms in total. The molecular weight excluding hydrogens is 232 g/mol. The molecule has 0 aliphatic carbocycles. The fourth-order valence-corrected chi connectivity index (χ4v) is 2.37. The molecule has 0 rings (SSSR count). The Bertz CT molecular complexity index is 159. The Morgan fingerprint density at radius 3 is 1.84 bits per heavy atom. The van der Waals surface area contributed by atoms with Crippen molar-refractivity contribution in [3.8, 4) is 0 Å². The molecule has 0 heterocycles. The molecule has 0 saturated carbocycles. The van der Waals surface area contributed by atoms with Crippen molar-refractivity contribution in [2.24, 2.45) is 0 Å². The van der Waals surface area contributed by atoms with Crippen LogP contribution in [-0.2, 0) is 0 Å². The topological polar surface area (TPSA) is 24.1 Å². The van der Waals surface area contributed by atoms with Crippen LogP contribution in [-0.4, -0.2) is 12.6 Å². The maximum atomic E-state index is 3.41. The second kappa shape index (κ2) is 16.0. The Morgan fingerprint density at radius 1 is 0.684 bits per heavy atom. The van der Waals surface area contributed by atoms with Gasteiger partial charge in [0.2, 0.25) is 0 Å². The number of rotatable bonds is 15. The molecule has 0 bridgehead atoms. The molecule has 19 heavy (non-hydrogen) atoms. The summed E-state index contributed by atoms with van der Waals surface area (Å²) in [6.07, 6.45) is 16.5. The molecule has 1 unspecified atom stereocenters. The first-order valence-corrected chi connectivity index (χ1v) is 8.79. The van der Waals surface area contributed by atoms with Gasteiger partial charge in [-0.15, -0.1) is 0 Å². The van der Waals surface area contributed by atoms with E-state index in [-0.39, 0.29) is 0 Å². The molecule has 0 saturated heterocycles. The summed E-state index contributed by atoms with van der Waals surface area (Å²) >= 11 is 0. The summed E-state index contributed by atoms with van der Waals surface area (Å²) in [7, 11) is 0. The highest BCUT2D eigenvalue weighted by atomic mass is 15.4. The molecule has 1 atom stereocenters. The first-order chi connectivity index (χ1) is 9.31. The molecule has 0 aromatic rings. The van der Waals surface area contributed by atoms with Crippen molar-refractivity contribution < 1.29 is 0 Å². The third-order valence-electron chi connectivity index (χ3n) is 3.74. The van der Waals surface area contributed by atoms with Crippen molar-refractivity contribution >= 4 is 0 Å². The van der Waals surface area contributed by atoms with Crippen LogP contribution in [0.2, 0.25) is 0 Å². The minimum Gasteiger partial charge on any atom is -0.258 e. The van der Waals surface area contributed by atoms with E-state index in [1.165, 1.54) is 77.0 Å². The zero-order chi connectivity index (χ0) is 14.2. The molecule has 0 radical (unpaired) electrons. The lowest BCUT2D eigenvalue weighted by molar-refractivity contribution is 0.409. The second-order valence-corrected chi connectivity index (χ2v) is 5.94. The maximum Gasteiger partial charge on any atom is 0.0184 e. The summed E-state index contributed by atoms with van der Waals surface area (Å²) < 4.78 is 0. The smallest absolute Gasteiger partial charge is 0.0184 e. The number of unbranched alkanes of at least 4 members (excludes halogenated alkanes) is 9. The first-order valence-electron chi connectivity index (χ1n) is 8.79. The summed E-state index contributed by atoms with van der Waals surface area (Å²) in [5, 5.41) is 0. The van der Waals surface area contributed by atoms with Crippen LogP contribution >= 0.6 is 0 Å². The van der Waals surface area contributed by atoms with Crippen molar-refractivity contribution in [1.29, 1.82) is 0 Å². The molecule has 0 aliphatic heterocycles. The van der Waals surface area contributed by atoms with Crippen molar-refractivity contribution in [2.75, 3.05) is 6.54 Å². The highest BCUT2D eigenvalue weighted by Gasteiger charge is 2.00. The van der Waals surface area contributed by atoms with Gasteiger partial charge < -0.3 is 0 Å². The quantitative estimate of drug-likeness (QED) is 0.316. The Kier molecular flexibility index (Phi) is 15.9. The van der Waals surface area contributed by atoms with E-state index in [1.807, 2.05) is 0 Å². The maximum absolute atomic E-state index is 3.41. The SMILES string of the molecule is CCCCCCCCCCC(C)NNCCCCC. The van der Waals surface area contributed by atoms with Crippen LogP contribution in [0.4, 0.5) is 0 Å². The van der Waals surface area contributed by atoms with Gasteiger partial charge >= 0.3 is 0 Å². The summed E-state index contributed by atoms with van der Waals surface area (Å²) in [6.45, 7) is 7.92. The number of hydrazine groups is 1. The van der Waals surface area contributed by atoms with Gasteiger partial charge in [0.25, 0.3) is 0 Å². The van der Waals surface area contributed by atoms with E-state index in [9.17, 15) is 0 Å². The van der Waals surface area contributed by atoms with Crippen molar-refractivity contribution in [3.63, 3.8) is 0 Å². The van der Waals surface area contributed by atoms with Gasteiger partial charge in [0.1, 0.15) is 0 Å². The highest BCUT2D eigenvalue weighted by Crippen LogP contribution is 2.10. The fraction of sp³-hybridized carbons (Fsp3) is 1.00. The summed E-state index contributed by atoms with van der Waals surface area (Å²) in [6, 6.07) is 0.613. The molecule has 0 fully saturated rings. The van der Waals surface area contributed by atoms with Gasteiger partial charge in [-0.05, 0) is 19.8 Å². The third kappa shape index (κ3) is 15.9. The fourth-order valence-electron chi connectivity index (χ4n) is 2.37. The Morgan fingerprint density at radius 2 is 1.21 bits per heavy atom. The summed E-state index contributed by atoms with van der Waals surface area (Å²) in [5.74, 6) is 0. The molecule has 0 aromatic heterocycles. The average molecular weight is 271 g/mol. The van der Waals surface area contributed by atoms with Gasteiger partial charge in [0.15, 0.2) is 0 Å². The standard InChI is InChI=1S/C17H38N2/c1-4-6-8-9-10-11-12-13-15-17(3)19-18-16-14-7-5-2/h17-19H,4-16H2,1-3H3. The monoisotopic (exact) mass is 270 g/mol. The van der Waals surface area contributed by atoms with Crippen LogP contribution in [0.25, 0.3) is 0 Å². The summed E-state index contributed by atoms with van der Waals surface area (Å²) in [4.78, 5) is 0. The predicted octanol–water partition coefficient (Wildman–Crippen LogP) is 5.19. The van der Waals surface area contributed by atoms with Crippen LogP contribution < -0.4 is 10.9 Å². The molecule has 0 amide bonds. The first kappa shape index (κ1) is 18.9. The Hall–Kier alpha value is -0.0800. The van der Waals surface area contributed by atoms with Crippen LogP contribution in [0.5, 0.6) is 0 Å². The van der Waals surface area contributed by atoms with E-state index >= 15 is 0 Å². The third-order valence-corrected chi connectivity index (χ3v) is 3.74. The molecule has 0 spiro atoms. The zero-order valence-corrected chi connectivity index (χ0v) is 13.8. The largest absolute Gasteiger partial charge is 0.258 e. The van der Waals surface area contributed by atoms with Crippen LogP contribution in [0, 0.1) is 0 Å². The minimum atomic E-state index is 0.613. The van der Waals surface area contributed by atoms with E-state index in [2.05, 4.69) is 31.6 Å². The average Bonchev–Trinajstić information content (AvgIpc) is 2.41. The van der Waals surface area contributed by atoms with Crippen molar-refractivity contribution in [3.05, 3.63) is 0 Å². The van der Waals surface area contributed by atoms with E-state index in [1.54, 1.807) is 0 Å². The van der Waals surface area contributed by atoms with E-state index in [0.717, 1.165) is 6.54 Å². The van der Waals surface area contributed by atoms with Gasteiger partial charge in [-0.1, -0.05) is 78.1 Å². The molecule has 0 aromatic carbocycles. The van der Waals surface area contributed by atoms with Crippen LogP contribution in [0.1, 0.15) is 97.8 Å². The molecular formula is C17H38N2. The molecule has 2 N–H and O–H groups in total. The lowest BCUT2D eigenvalue weighted by Crippen LogP contribution is -2.39. The van der Waals surface area contributed by atoms with Gasteiger partial charge in [0, 0.05) is 12.6 Å². The Labute approximate surface area is 122 Å². The number of hydrogen-bond donors (Lipinski definition) is 2. The number of hydrogen-bond acceptors (Lipinski definition) is 2. The lowest BCUT2D eigenvalue weighted by atomic mass is 10.1. The van der Waals surface area contributed by atoms with Gasteiger partial charge in [-0.3, -0.25) is 10.9 Å². The number of nitrogens with one attached hydrogen (secondary N) is 2. The normalized spacial score (nSPS) is 12.8. The zero-order valence-electron chi connectivity index (χ0n) is 13.8. The second-order valence-electron chi connectivity index (χ2n) is 5.94. The van der Waals surface area contributed by atoms with E-state index < -0.39 is 0 Å². The van der Waals surface area contributed by atoms with Crippen molar-refractivity contribution in [2.45, 2.75) is 104 Å². The van der Waals surface area contributed by atoms with Gasteiger partial charge in [-0.25, -0.2) is 0 Å². The molecule has 116 valence electrons. The summed E-state index contributed by atoms with van der Waals surface area (Å²) in [5.41, 5.74) is 6.76. The molecule has 2 heteroatoms. The highest BCUT2D eigenvalue weighted by molar-refractivity contribution is 4.58. The van der Waals surface area contributed by atoms with Crippen molar-refractivity contribution in [1.82, 2.24) is 10.9 Å².